The first-order valence-electron chi connectivity index (χ1n) is 8.72. The normalized spacial score (nSPS) is 11.5. The minimum Gasteiger partial charge on any atom is -0.368 e. The molecular formula is C19H29IN6O. The predicted octanol–water partition coefficient (Wildman–Crippen LogP) is 2.34. The summed E-state index contributed by atoms with van der Waals surface area (Å²) >= 11 is 0. The van der Waals surface area contributed by atoms with Gasteiger partial charge in [0.1, 0.15) is 5.82 Å². The molecule has 1 heterocycles. The van der Waals surface area contributed by atoms with Crippen LogP contribution in [0.25, 0.3) is 10.9 Å². The van der Waals surface area contributed by atoms with E-state index in [1.165, 1.54) is 0 Å². The first-order chi connectivity index (χ1) is 12.4. The molecule has 0 aliphatic rings. The first kappa shape index (κ1) is 22.9. The van der Waals surface area contributed by atoms with Gasteiger partial charge >= 0.3 is 0 Å². The van der Waals surface area contributed by atoms with Crippen molar-refractivity contribution in [3.63, 3.8) is 0 Å². The number of hydrogen-bond donors (Lipinski definition) is 4. The number of carbonyl (C=O) groups excluding carboxylic acids is 1. The van der Waals surface area contributed by atoms with Gasteiger partial charge in [-0.25, -0.2) is 4.98 Å². The zero-order valence-electron chi connectivity index (χ0n) is 16.3. The minimum atomic E-state index is -0.244. The number of nitrogens with one attached hydrogen (secondary N) is 4. The third kappa shape index (κ3) is 8.42. The lowest BCUT2D eigenvalue weighted by molar-refractivity contribution is -0.121. The highest BCUT2D eigenvalue weighted by atomic mass is 127. The number of pyridine rings is 1. The Morgan fingerprint density at radius 3 is 2.52 bits per heavy atom. The molecule has 2 rings (SSSR count). The number of hydrogen-bond acceptors (Lipinski definition) is 4. The van der Waals surface area contributed by atoms with Gasteiger partial charge in [-0.2, -0.15) is 0 Å². The number of anilines is 1. The molecule has 8 heteroatoms. The van der Waals surface area contributed by atoms with Gasteiger partial charge in [0.15, 0.2) is 5.96 Å². The Kier molecular flexibility index (Phi) is 9.27. The molecule has 0 bridgehead atoms. The van der Waals surface area contributed by atoms with Crippen LogP contribution in [0.1, 0.15) is 20.8 Å². The van der Waals surface area contributed by atoms with Crippen molar-refractivity contribution in [2.45, 2.75) is 26.3 Å². The molecule has 1 amide bonds. The van der Waals surface area contributed by atoms with Crippen molar-refractivity contribution >= 4 is 52.6 Å². The van der Waals surface area contributed by atoms with Crippen molar-refractivity contribution in [3.8, 4) is 0 Å². The molecule has 148 valence electrons. The second-order valence-corrected chi connectivity index (χ2v) is 6.97. The molecule has 4 N–H and O–H groups in total. The summed E-state index contributed by atoms with van der Waals surface area (Å²) in [6.07, 6.45) is 0. The fourth-order valence-electron chi connectivity index (χ4n) is 2.38. The fourth-order valence-corrected chi connectivity index (χ4v) is 2.38. The Morgan fingerprint density at radius 2 is 1.81 bits per heavy atom. The number of carbonyl (C=O) groups is 1. The molecule has 0 fully saturated rings. The molecule has 0 spiro atoms. The van der Waals surface area contributed by atoms with Crippen molar-refractivity contribution < 1.29 is 4.79 Å². The van der Waals surface area contributed by atoms with E-state index in [1.54, 1.807) is 7.05 Å². The molecule has 1 aromatic heterocycles. The van der Waals surface area contributed by atoms with E-state index in [1.807, 2.05) is 57.2 Å². The Hall–Kier alpha value is -2.10. The second-order valence-electron chi connectivity index (χ2n) is 6.97. The van der Waals surface area contributed by atoms with Gasteiger partial charge in [-0.3, -0.25) is 9.79 Å². The third-order valence-electron chi connectivity index (χ3n) is 3.48. The highest BCUT2D eigenvalue weighted by Gasteiger charge is 2.13. The van der Waals surface area contributed by atoms with Gasteiger partial charge in [0.25, 0.3) is 0 Å². The van der Waals surface area contributed by atoms with Crippen LogP contribution < -0.4 is 21.3 Å². The minimum absolute atomic E-state index is 0. The van der Waals surface area contributed by atoms with E-state index in [0.717, 1.165) is 16.7 Å². The highest BCUT2D eigenvalue weighted by Crippen LogP contribution is 2.13. The van der Waals surface area contributed by atoms with Gasteiger partial charge in [0.2, 0.25) is 5.91 Å². The summed E-state index contributed by atoms with van der Waals surface area (Å²) in [7, 11) is 1.68. The van der Waals surface area contributed by atoms with E-state index in [4.69, 9.17) is 0 Å². The second kappa shape index (κ2) is 10.9. The molecule has 0 saturated heterocycles. The highest BCUT2D eigenvalue weighted by molar-refractivity contribution is 14.0. The van der Waals surface area contributed by atoms with Crippen molar-refractivity contribution in [3.05, 3.63) is 36.4 Å². The van der Waals surface area contributed by atoms with Crippen LogP contribution in [0.15, 0.2) is 41.4 Å². The van der Waals surface area contributed by atoms with Gasteiger partial charge in [-0.15, -0.1) is 24.0 Å². The summed E-state index contributed by atoms with van der Waals surface area (Å²) < 4.78 is 0. The zero-order valence-corrected chi connectivity index (χ0v) is 18.6. The number of benzene rings is 1. The summed E-state index contributed by atoms with van der Waals surface area (Å²) in [6, 6.07) is 12.0. The molecule has 0 atom stereocenters. The summed E-state index contributed by atoms with van der Waals surface area (Å²) in [6.45, 7) is 7.35. The Labute approximate surface area is 177 Å². The SMILES string of the molecule is CN=C(NCCNc1ccc2ccccc2n1)NCC(=O)NC(C)(C)C.I. The molecule has 0 unspecified atom stereocenters. The van der Waals surface area contributed by atoms with E-state index in [0.29, 0.717) is 19.0 Å². The van der Waals surface area contributed by atoms with Crippen molar-refractivity contribution in [2.24, 2.45) is 4.99 Å². The van der Waals surface area contributed by atoms with Crippen molar-refractivity contribution in [1.29, 1.82) is 0 Å². The van der Waals surface area contributed by atoms with E-state index in [2.05, 4.69) is 31.2 Å². The summed E-state index contributed by atoms with van der Waals surface area (Å²) in [5.74, 6) is 1.35. The summed E-state index contributed by atoms with van der Waals surface area (Å²) in [5, 5.41) is 13.5. The quantitative estimate of drug-likeness (QED) is 0.219. The average molecular weight is 484 g/mol. The van der Waals surface area contributed by atoms with Crippen LogP contribution in [0.2, 0.25) is 0 Å². The van der Waals surface area contributed by atoms with Crippen LogP contribution in [0, 0.1) is 0 Å². The molecule has 27 heavy (non-hydrogen) atoms. The molecule has 0 radical (unpaired) electrons. The maximum absolute atomic E-state index is 11.8. The van der Waals surface area contributed by atoms with Crippen molar-refractivity contribution in [2.75, 3.05) is 32.0 Å². The Morgan fingerprint density at radius 1 is 1.07 bits per heavy atom. The maximum atomic E-state index is 11.8. The number of aliphatic imine (C=N–C) groups is 1. The van der Waals surface area contributed by atoms with Crippen LogP contribution in [-0.4, -0.2) is 49.1 Å². The van der Waals surface area contributed by atoms with Gasteiger partial charge in [0, 0.05) is 31.1 Å². The number of amides is 1. The number of halogens is 1. The van der Waals surface area contributed by atoms with Gasteiger partial charge in [-0.1, -0.05) is 18.2 Å². The van der Waals surface area contributed by atoms with Crippen LogP contribution in [0.3, 0.4) is 0 Å². The Balaban J connectivity index is 0.00000364. The predicted molar refractivity (Wildman–Crippen MR) is 123 cm³/mol. The van der Waals surface area contributed by atoms with Gasteiger partial charge < -0.3 is 21.3 Å². The first-order valence-corrected chi connectivity index (χ1v) is 8.72. The molecule has 0 aliphatic heterocycles. The van der Waals surface area contributed by atoms with E-state index in [9.17, 15) is 4.79 Å². The van der Waals surface area contributed by atoms with Gasteiger partial charge in [0.05, 0.1) is 12.1 Å². The number of rotatable bonds is 6. The topological polar surface area (TPSA) is 90.4 Å². The number of aromatic nitrogens is 1. The number of nitrogens with zero attached hydrogens (tertiary/aromatic N) is 2. The van der Waals surface area contributed by atoms with E-state index in [-0.39, 0.29) is 42.0 Å². The number of fused-ring (bicyclic) bond motifs is 1. The largest absolute Gasteiger partial charge is 0.368 e. The smallest absolute Gasteiger partial charge is 0.239 e. The lowest BCUT2D eigenvalue weighted by Gasteiger charge is -2.21. The molecule has 7 nitrogen and oxygen atoms in total. The standard InChI is InChI=1S/C19H28N6O.HI/c1-19(2,3)25-17(26)13-23-18(20-4)22-12-11-21-16-10-9-14-7-5-6-8-15(14)24-16;/h5-10H,11-13H2,1-4H3,(H,21,24)(H,25,26)(H2,20,22,23);1H. The molecule has 2 aromatic rings. The summed E-state index contributed by atoms with van der Waals surface area (Å²) in [5.41, 5.74) is 0.722. The molecular weight excluding hydrogens is 455 g/mol. The van der Waals surface area contributed by atoms with E-state index < -0.39 is 0 Å². The van der Waals surface area contributed by atoms with Crippen LogP contribution in [-0.2, 0) is 4.79 Å². The summed E-state index contributed by atoms with van der Waals surface area (Å²) in [4.78, 5) is 20.5. The third-order valence-corrected chi connectivity index (χ3v) is 3.48. The Bertz CT molecular complexity index is 772. The molecule has 1 aromatic carbocycles. The lowest BCUT2D eigenvalue weighted by atomic mass is 10.1. The maximum Gasteiger partial charge on any atom is 0.239 e. The van der Waals surface area contributed by atoms with Crippen LogP contribution >= 0.6 is 24.0 Å². The van der Waals surface area contributed by atoms with Crippen LogP contribution in [0.5, 0.6) is 0 Å². The molecule has 0 saturated carbocycles. The molecule has 0 aliphatic carbocycles. The van der Waals surface area contributed by atoms with Crippen LogP contribution in [0.4, 0.5) is 5.82 Å². The number of para-hydroxylation sites is 1. The fraction of sp³-hybridized carbons (Fsp3) is 0.421. The van der Waals surface area contributed by atoms with E-state index >= 15 is 0 Å². The zero-order chi connectivity index (χ0) is 19.0. The van der Waals surface area contributed by atoms with Gasteiger partial charge in [-0.05, 0) is 39.0 Å². The monoisotopic (exact) mass is 484 g/mol. The average Bonchev–Trinajstić information content (AvgIpc) is 2.59. The number of guanidine groups is 1. The van der Waals surface area contributed by atoms with Crippen molar-refractivity contribution in [1.82, 2.24) is 20.9 Å². The lowest BCUT2D eigenvalue weighted by Crippen LogP contribution is -2.48.